The Morgan fingerprint density at radius 3 is 2.35 bits per heavy atom. The molecule has 0 aromatic heterocycles. The summed E-state index contributed by atoms with van der Waals surface area (Å²) in [4.78, 5) is 12.3. The summed E-state index contributed by atoms with van der Waals surface area (Å²) in [5.74, 6) is 1.29. The zero-order chi connectivity index (χ0) is 14.5. The molecule has 2 rings (SSSR count). The fourth-order valence-corrected chi connectivity index (χ4v) is 1.88. The summed E-state index contributed by atoms with van der Waals surface area (Å²) in [5.41, 5.74) is 1.79. The Morgan fingerprint density at radius 1 is 1.05 bits per heavy atom. The maximum atomic E-state index is 12.3. The highest BCUT2D eigenvalue weighted by molar-refractivity contribution is 5.99. The van der Waals surface area contributed by atoms with Crippen molar-refractivity contribution in [2.75, 3.05) is 7.11 Å². The monoisotopic (exact) mass is 270 g/mol. The average molecular weight is 270 g/mol. The third-order valence-corrected chi connectivity index (χ3v) is 3.06. The highest BCUT2D eigenvalue weighted by atomic mass is 16.5. The van der Waals surface area contributed by atoms with Crippen molar-refractivity contribution in [1.82, 2.24) is 0 Å². The van der Waals surface area contributed by atoms with E-state index in [0.717, 1.165) is 5.56 Å². The molecule has 2 aromatic rings. The van der Waals surface area contributed by atoms with Crippen LogP contribution in [0.15, 0.2) is 48.5 Å². The number of aryl methyl sites for hydroxylation is 1. The number of ether oxygens (including phenoxy) is 2. The average Bonchev–Trinajstić information content (AvgIpc) is 2.47. The molecule has 1 atom stereocenters. The minimum Gasteiger partial charge on any atom is -0.497 e. The lowest BCUT2D eigenvalue weighted by atomic mass is 10.1. The van der Waals surface area contributed by atoms with Gasteiger partial charge >= 0.3 is 0 Å². The van der Waals surface area contributed by atoms with E-state index in [1.54, 1.807) is 26.2 Å². The predicted octanol–water partition coefficient (Wildman–Crippen LogP) is 3.65. The van der Waals surface area contributed by atoms with Crippen molar-refractivity contribution in [3.05, 3.63) is 59.7 Å². The third-order valence-electron chi connectivity index (χ3n) is 3.06. The number of carbonyl (C=O) groups excluding carboxylic acids is 1. The highest BCUT2D eigenvalue weighted by Crippen LogP contribution is 2.21. The van der Waals surface area contributed by atoms with E-state index in [1.165, 1.54) is 0 Å². The summed E-state index contributed by atoms with van der Waals surface area (Å²) in [6, 6.07) is 14.7. The van der Waals surface area contributed by atoms with Crippen LogP contribution in [0, 0.1) is 6.92 Å². The zero-order valence-electron chi connectivity index (χ0n) is 11.9. The van der Waals surface area contributed by atoms with Gasteiger partial charge in [-0.3, -0.25) is 4.79 Å². The second-order valence-corrected chi connectivity index (χ2v) is 4.67. The Balaban J connectivity index is 2.09. The van der Waals surface area contributed by atoms with Crippen LogP contribution in [0.2, 0.25) is 0 Å². The summed E-state index contributed by atoms with van der Waals surface area (Å²) >= 11 is 0. The van der Waals surface area contributed by atoms with Crippen LogP contribution in [0.1, 0.15) is 22.8 Å². The number of ketones is 1. The highest BCUT2D eigenvalue weighted by Gasteiger charge is 2.16. The van der Waals surface area contributed by atoms with Crippen LogP contribution in [0.4, 0.5) is 0 Å². The number of hydrogen-bond donors (Lipinski definition) is 0. The van der Waals surface area contributed by atoms with Gasteiger partial charge < -0.3 is 9.47 Å². The van der Waals surface area contributed by atoms with E-state index in [1.807, 2.05) is 43.3 Å². The molecule has 0 amide bonds. The van der Waals surface area contributed by atoms with E-state index >= 15 is 0 Å². The molecule has 0 saturated heterocycles. The van der Waals surface area contributed by atoms with Gasteiger partial charge in [-0.2, -0.15) is 0 Å². The van der Waals surface area contributed by atoms with Gasteiger partial charge in [0.1, 0.15) is 11.5 Å². The number of benzene rings is 2. The summed E-state index contributed by atoms with van der Waals surface area (Å²) in [7, 11) is 1.60. The molecule has 1 unspecified atom stereocenters. The number of methoxy groups -OCH3 is 1. The van der Waals surface area contributed by atoms with Gasteiger partial charge in [-0.25, -0.2) is 0 Å². The van der Waals surface area contributed by atoms with Crippen molar-refractivity contribution in [1.29, 1.82) is 0 Å². The molecule has 0 N–H and O–H groups in total. The van der Waals surface area contributed by atoms with Crippen molar-refractivity contribution in [3.8, 4) is 11.5 Å². The fourth-order valence-electron chi connectivity index (χ4n) is 1.88. The van der Waals surface area contributed by atoms with Crippen molar-refractivity contribution in [2.45, 2.75) is 20.0 Å². The van der Waals surface area contributed by atoms with Gasteiger partial charge in [-0.15, -0.1) is 0 Å². The maximum absolute atomic E-state index is 12.3. The molecule has 0 aliphatic carbocycles. The largest absolute Gasteiger partial charge is 0.497 e. The topological polar surface area (TPSA) is 35.5 Å². The van der Waals surface area contributed by atoms with E-state index in [2.05, 4.69) is 0 Å². The van der Waals surface area contributed by atoms with Crippen molar-refractivity contribution < 1.29 is 14.3 Å². The smallest absolute Gasteiger partial charge is 0.202 e. The SMILES string of the molecule is COc1cccc(OC(C)C(=O)c2ccc(C)cc2)c1. The normalized spacial score (nSPS) is 11.8. The third kappa shape index (κ3) is 3.38. The van der Waals surface area contributed by atoms with Crippen molar-refractivity contribution in [3.63, 3.8) is 0 Å². The predicted molar refractivity (Wildman–Crippen MR) is 78.6 cm³/mol. The molecule has 20 heavy (non-hydrogen) atoms. The summed E-state index contributed by atoms with van der Waals surface area (Å²) < 4.78 is 10.8. The molecule has 0 bridgehead atoms. The van der Waals surface area contributed by atoms with Crippen LogP contribution in [0.3, 0.4) is 0 Å². The lowest BCUT2D eigenvalue weighted by molar-refractivity contribution is 0.0817. The molecule has 0 aliphatic heterocycles. The van der Waals surface area contributed by atoms with E-state index in [9.17, 15) is 4.79 Å². The zero-order valence-corrected chi connectivity index (χ0v) is 11.9. The van der Waals surface area contributed by atoms with Gasteiger partial charge in [0.2, 0.25) is 5.78 Å². The summed E-state index contributed by atoms with van der Waals surface area (Å²) in [5, 5.41) is 0. The Kier molecular flexibility index (Phi) is 4.41. The molecular formula is C17H18O3. The van der Waals surface area contributed by atoms with E-state index in [0.29, 0.717) is 17.1 Å². The second kappa shape index (κ2) is 6.24. The molecule has 3 heteroatoms. The first-order valence-electron chi connectivity index (χ1n) is 6.52. The molecule has 3 nitrogen and oxygen atoms in total. The van der Waals surface area contributed by atoms with E-state index in [4.69, 9.17) is 9.47 Å². The number of hydrogen-bond acceptors (Lipinski definition) is 3. The standard InChI is InChI=1S/C17H18O3/c1-12-7-9-14(10-8-12)17(18)13(2)20-16-6-4-5-15(11-16)19-3/h4-11,13H,1-3H3. The lowest BCUT2D eigenvalue weighted by Crippen LogP contribution is -2.23. The summed E-state index contributed by atoms with van der Waals surface area (Å²) in [6.07, 6.45) is -0.537. The molecule has 0 saturated carbocycles. The summed E-state index contributed by atoms with van der Waals surface area (Å²) in [6.45, 7) is 3.74. The molecule has 0 spiro atoms. The van der Waals surface area contributed by atoms with Gasteiger partial charge in [0.15, 0.2) is 6.10 Å². The maximum Gasteiger partial charge on any atom is 0.202 e. The Hall–Kier alpha value is -2.29. The first kappa shape index (κ1) is 14.1. The van der Waals surface area contributed by atoms with Crippen LogP contribution in [-0.4, -0.2) is 19.0 Å². The first-order valence-corrected chi connectivity index (χ1v) is 6.52. The first-order chi connectivity index (χ1) is 9.60. The van der Waals surface area contributed by atoms with Gasteiger partial charge in [0, 0.05) is 11.6 Å². The number of Topliss-reactive ketones (excluding diaryl/α,β-unsaturated/α-hetero) is 1. The van der Waals surface area contributed by atoms with Gasteiger partial charge in [-0.1, -0.05) is 35.9 Å². The quantitative estimate of drug-likeness (QED) is 0.778. The Morgan fingerprint density at radius 2 is 1.70 bits per heavy atom. The molecule has 2 aromatic carbocycles. The number of carbonyl (C=O) groups is 1. The molecule has 0 radical (unpaired) electrons. The van der Waals surface area contributed by atoms with E-state index in [-0.39, 0.29) is 5.78 Å². The van der Waals surface area contributed by atoms with Crippen molar-refractivity contribution >= 4 is 5.78 Å². The minimum absolute atomic E-state index is 0.0344. The Labute approximate surface area is 119 Å². The number of rotatable bonds is 5. The molecule has 0 fully saturated rings. The molecule has 0 heterocycles. The second-order valence-electron chi connectivity index (χ2n) is 4.67. The lowest BCUT2D eigenvalue weighted by Gasteiger charge is -2.14. The fraction of sp³-hybridized carbons (Fsp3) is 0.235. The molecule has 0 aliphatic rings. The van der Waals surface area contributed by atoms with E-state index < -0.39 is 6.10 Å². The Bertz CT molecular complexity index is 587. The van der Waals surface area contributed by atoms with Crippen LogP contribution in [0.25, 0.3) is 0 Å². The molecule has 104 valence electrons. The van der Waals surface area contributed by atoms with Crippen LogP contribution >= 0.6 is 0 Å². The van der Waals surface area contributed by atoms with Gasteiger partial charge in [0.05, 0.1) is 7.11 Å². The van der Waals surface area contributed by atoms with Gasteiger partial charge in [0.25, 0.3) is 0 Å². The van der Waals surface area contributed by atoms with Gasteiger partial charge in [-0.05, 0) is 26.0 Å². The van der Waals surface area contributed by atoms with Crippen LogP contribution in [0.5, 0.6) is 11.5 Å². The van der Waals surface area contributed by atoms with Crippen molar-refractivity contribution in [2.24, 2.45) is 0 Å². The molecular weight excluding hydrogens is 252 g/mol. The van der Waals surface area contributed by atoms with Crippen LogP contribution < -0.4 is 9.47 Å². The van der Waals surface area contributed by atoms with Crippen LogP contribution in [-0.2, 0) is 0 Å². The minimum atomic E-state index is -0.537.